The summed E-state index contributed by atoms with van der Waals surface area (Å²) in [7, 11) is 0. The molecular weight excluding hydrogens is 384 g/mol. The lowest BCUT2D eigenvalue weighted by Crippen LogP contribution is -2.46. The Morgan fingerprint density at radius 1 is 1.36 bits per heavy atom. The number of aromatic nitrogens is 2. The number of ether oxygens (including phenoxy) is 1. The van der Waals surface area contributed by atoms with Gasteiger partial charge in [-0.1, -0.05) is 16.9 Å². The summed E-state index contributed by atoms with van der Waals surface area (Å²) in [4.78, 5) is 40.0. The SMILES string of the molecule is CCNC(=O)[C@H](C)NC(=O)COC(=O)c1cccnc1SCc1cc(C)on1. The summed E-state index contributed by atoms with van der Waals surface area (Å²) in [5.41, 5.74) is 0.975. The van der Waals surface area contributed by atoms with Crippen LogP contribution in [0, 0.1) is 6.92 Å². The molecule has 0 spiro atoms. The van der Waals surface area contributed by atoms with Crippen molar-refractivity contribution >= 4 is 29.5 Å². The minimum atomic E-state index is -0.721. The van der Waals surface area contributed by atoms with Crippen LogP contribution < -0.4 is 10.6 Å². The van der Waals surface area contributed by atoms with Crippen LogP contribution in [0.1, 0.15) is 35.7 Å². The smallest absolute Gasteiger partial charge is 0.341 e. The largest absolute Gasteiger partial charge is 0.452 e. The predicted molar refractivity (Wildman–Crippen MR) is 102 cm³/mol. The Morgan fingerprint density at radius 2 is 2.14 bits per heavy atom. The van der Waals surface area contributed by atoms with E-state index in [0.717, 1.165) is 5.69 Å². The number of carbonyl (C=O) groups is 3. The van der Waals surface area contributed by atoms with Crippen molar-refractivity contribution in [3.8, 4) is 0 Å². The maximum Gasteiger partial charge on any atom is 0.341 e. The molecule has 150 valence electrons. The van der Waals surface area contributed by atoms with Gasteiger partial charge in [0.15, 0.2) is 6.61 Å². The van der Waals surface area contributed by atoms with Crippen LogP contribution in [0.2, 0.25) is 0 Å². The van der Waals surface area contributed by atoms with Crippen LogP contribution in [0.3, 0.4) is 0 Å². The van der Waals surface area contributed by atoms with Gasteiger partial charge in [-0.15, -0.1) is 0 Å². The van der Waals surface area contributed by atoms with Gasteiger partial charge in [-0.2, -0.15) is 0 Å². The first-order valence-corrected chi connectivity index (χ1v) is 9.63. The van der Waals surface area contributed by atoms with Gasteiger partial charge in [0.2, 0.25) is 5.91 Å². The number of pyridine rings is 1. The van der Waals surface area contributed by atoms with Gasteiger partial charge in [0.1, 0.15) is 16.8 Å². The first kappa shape index (κ1) is 21.4. The minimum absolute atomic E-state index is 0.247. The molecule has 0 aliphatic rings. The van der Waals surface area contributed by atoms with E-state index < -0.39 is 24.5 Å². The van der Waals surface area contributed by atoms with Gasteiger partial charge < -0.3 is 19.9 Å². The van der Waals surface area contributed by atoms with E-state index in [9.17, 15) is 14.4 Å². The highest BCUT2D eigenvalue weighted by molar-refractivity contribution is 7.98. The standard InChI is InChI=1S/C18H22N4O5S/c1-4-19-16(24)12(3)21-15(23)9-26-18(25)14-6-5-7-20-17(14)28-10-13-8-11(2)27-22-13/h5-8,12H,4,9-10H2,1-3H3,(H,19,24)(H,21,23)/t12-/m0/s1. The number of nitrogens with one attached hydrogen (secondary N) is 2. The van der Waals surface area contributed by atoms with Crippen molar-refractivity contribution in [2.75, 3.05) is 13.2 Å². The van der Waals surface area contributed by atoms with E-state index >= 15 is 0 Å². The van der Waals surface area contributed by atoms with Gasteiger partial charge in [-0.05, 0) is 32.9 Å². The lowest BCUT2D eigenvalue weighted by atomic mass is 10.3. The number of rotatable bonds is 9. The van der Waals surface area contributed by atoms with Gasteiger partial charge in [0.05, 0.1) is 11.3 Å². The summed E-state index contributed by atoms with van der Waals surface area (Å²) in [6, 6.07) is 4.26. The van der Waals surface area contributed by atoms with Crippen molar-refractivity contribution in [2.45, 2.75) is 37.6 Å². The third-order valence-corrected chi connectivity index (χ3v) is 4.52. The van der Waals surface area contributed by atoms with Crippen molar-refractivity contribution in [1.29, 1.82) is 0 Å². The van der Waals surface area contributed by atoms with Gasteiger partial charge in [-0.3, -0.25) is 9.59 Å². The first-order valence-electron chi connectivity index (χ1n) is 8.65. The van der Waals surface area contributed by atoms with Crippen LogP contribution in [0.25, 0.3) is 0 Å². The number of hydrogen-bond acceptors (Lipinski definition) is 8. The molecule has 0 aromatic carbocycles. The van der Waals surface area contributed by atoms with Gasteiger partial charge in [-0.25, -0.2) is 9.78 Å². The zero-order chi connectivity index (χ0) is 20.5. The summed E-state index contributed by atoms with van der Waals surface area (Å²) in [6.45, 7) is 5.09. The fraction of sp³-hybridized carbons (Fsp3) is 0.389. The summed E-state index contributed by atoms with van der Waals surface area (Å²) < 4.78 is 10.1. The summed E-state index contributed by atoms with van der Waals surface area (Å²) in [5.74, 6) is -0.379. The molecular formula is C18H22N4O5S. The topological polar surface area (TPSA) is 123 Å². The third-order valence-electron chi connectivity index (χ3n) is 3.48. The van der Waals surface area contributed by atoms with E-state index in [1.807, 2.05) is 0 Å². The number of amides is 2. The van der Waals surface area contributed by atoms with E-state index in [2.05, 4.69) is 20.8 Å². The Labute approximate surface area is 166 Å². The Balaban J connectivity index is 1.89. The van der Waals surface area contributed by atoms with Crippen molar-refractivity contribution < 1.29 is 23.6 Å². The number of esters is 1. The van der Waals surface area contributed by atoms with Crippen LogP contribution in [0.5, 0.6) is 0 Å². The zero-order valence-electron chi connectivity index (χ0n) is 15.9. The molecule has 0 bridgehead atoms. The Kier molecular flexibility index (Phi) is 8.00. The lowest BCUT2D eigenvalue weighted by Gasteiger charge is -2.13. The van der Waals surface area contributed by atoms with Crippen LogP contribution >= 0.6 is 11.8 Å². The first-order chi connectivity index (χ1) is 13.4. The molecule has 2 aromatic rings. The van der Waals surface area contributed by atoms with E-state index in [4.69, 9.17) is 9.26 Å². The highest BCUT2D eigenvalue weighted by Gasteiger charge is 2.19. The summed E-state index contributed by atoms with van der Waals surface area (Å²) in [6.07, 6.45) is 1.56. The molecule has 0 aliphatic carbocycles. The molecule has 0 aliphatic heterocycles. The molecule has 0 radical (unpaired) electrons. The second-order valence-corrected chi connectivity index (χ2v) is 6.80. The molecule has 10 heteroatoms. The molecule has 2 amide bonds. The fourth-order valence-electron chi connectivity index (χ4n) is 2.17. The number of thioether (sulfide) groups is 1. The molecule has 2 aromatic heterocycles. The highest BCUT2D eigenvalue weighted by atomic mass is 32.2. The molecule has 2 rings (SSSR count). The minimum Gasteiger partial charge on any atom is -0.452 e. The van der Waals surface area contributed by atoms with Gasteiger partial charge >= 0.3 is 5.97 Å². The van der Waals surface area contributed by atoms with Crippen molar-refractivity contribution in [1.82, 2.24) is 20.8 Å². The maximum atomic E-state index is 12.3. The molecule has 0 saturated carbocycles. The molecule has 2 N–H and O–H groups in total. The molecule has 2 heterocycles. The zero-order valence-corrected chi connectivity index (χ0v) is 16.7. The molecule has 0 unspecified atom stereocenters. The second kappa shape index (κ2) is 10.5. The Hall–Kier alpha value is -2.88. The number of nitrogens with zero attached hydrogens (tertiary/aromatic N) is 2. The van der Waals surface area contributed by atoms with E-state index in [-0.39, 0.29) is 11.5 Å². The van der Waals surface area contributed by atoms with Crippen molar-refractivity contribution in [3.63, 3.8) is 0 Å². The Bertz CT molecular complexity index is 839. The number of aryl methyl sites for hydroxylation is 1. The van der Waals surface area contributed by atoms with E-state index in [0.29, 0.717) is 23.1 Å². The van der Waals surface area contributed by atoms with Gasteiger partial charge in [0, 0.05) is 24.6 Å². The average Bonchev–Trinajstić information content (AvgIpc) is 3.10. The van der Waals surface area contributed by atoms with E-state index in [1.54, 1.807) is 45.2 Å². The third kappa shape index (κ3) is 6.38. The normalized spacial score (nSPS) is 11.5. The van der Waals surface area contributed by atoms with Crippen LogP contribution in [0.15, 0.2) is 33.9 Å². The lowest BCUT2D eigenvalue weighted by molar-refractivity contribution is -0.130. The molecule has 28 heavy (non-hydrogen) atoms. The van der Waals surface area contributed by atoms with Crippen LogP contribution in [-0.4, -0.2) is 47.1 Å². The molecule has 9 nitrogen and oxygen atoms in total. The monoisotopic (exact) mass is 406 g/mol. The molecule has 0 fully saturated rings. The van der Waals surface area contributed by atoms with Gasteiger partial charge in [0.25, 0.3) is 5.91 Å². The van der Waals surface area contributed by atoms with Crippen LogP contribution in [0.4, 0.5) is 0 Å². The quantitative estimate of drug-likeness (QED) is 0.474. The van der Waals surface area contributed by atoms with Crippen LogP contribution in [-0.2, 0) is 20.1 Å². The fourth-order valence-corrected chi connectivity index (χ4v) is 3.04. The second-order valence-electron chi connectivity index (χ2n) is 5.83. The summed E-state index contributed by atoms with van der Waals surface area (Å²) >= 11 is 1.31. The number of carbonyl (C=O) groups excluding carboxylic acids is 3. The number of hydrogen-bond donors (Lipinski definition) is 2. The molecule has 0 saturated heterocycles. The van der Waals surface area contributed by atoms with E-state index in [1.165, 1.54) is 11.8 Å². The maximum absolute atomic E-state index is 12.3. The number of likely N-dealkylation sites (N-methyl/N-ethyl adjacent to an activating group) is 1. The highest BCUT2D eigenvalue weighted by Crippen LogP contribution is 2.24. The molecule has 1 atom stereocenters. The van der Waals surface area contributed by atoms with Crippen molar-refractivity contribution in [3.05, 3.63) is 41.4 Å². The average molecular weight is 406 g/mol. The summed E-state index contributed by atoms with van der Waals surface area (Å²) in [5, 5.41) is 9.42. The van der Waals surface area contributed by atoms with Crippen molar-refractivity contribution in [2.24, 2.45) is 0 Å². The predicted octanol–water partition coefficient (Wildman–Crippen LogP) is 1.47. The Morgan fingerprint density at radius 3 is 2.82 bits per heavy atom.